The predicted molar refractivity (Wildman–Crippen MR) is 86.1 cm³/mol. The average Bonchev–Trinajstić information content (AvgIpc) is 2.55. The van der Waals surface area contributed by atoms with Crippen LogP contribution in [0.25, 0.3) is 10.4 Å². The van der Waals surface area contributed by atoms with E-state index in [4.69, 9.17) is 10.3 Å². The van der Waals surface area contributed by atoms with Gasteiger partial charge in [-0.2, -0.15) is 0 Å². The molecule has 0 bridgehead atoms. The zero-order valence-corrected chi connectivity index (χ0v) is 13.7. The fourth-order valence-corrected chi connectivity index (χ4v) is 3.34. The number of anilines is 1. The monoisotopic (exact) mass is 316 g/mol. The molecule has 0 saturated heterocycles. The molecule has 0 spiro atoms. The van der Waals surface area contributed by atoms with E-state index in [0.717, 1.165) is 6.42 Å². The summed E-state index contributed by atoms with van der Waals surface area (Å²) in [5.74, 6) is -0.595. The average molecular weight is 316 g/mol. The van der Waals surface area contributed by atoms with Crippen LogP contribution in [-0.4, -0.2) is 25.0 Å². The molecule has 0 aliphatic carbocycles. The first-order chi connectivity index (χ1) is 11.0. The Hall–Kier alpha value is -2.53. The van der Waals surface area contributed by atoms with Crippen LogP contribution in [0.3, 0.4) is 0 Å². The SMILES string of the molecule is CC[C@@H]1[C@H](C)[C@@H](N=[N+]=[N-])c2cc(C(=O)OC)ccc2N1C(C)=O. The molecule has 2 rings (SSSR count). The molecule has 0 fully saturated rings. The minimum absolute atomic E-state index is 0.0554. The van der Waals surface area contributed by atoms with Crippen molar-refractivity contribution in [2.45, 2.75) is 39.3 Å². The van der Waals surface area contributed by atoms with Gasteiger partial charge in [-0.25, -0.2) is 4.79 Å². The van der Waals surface area contributed by atoms with Gasteiger partial charge in [-0.15, -0.1) is 0 Å². The first-order valence-corrected chi connectivity index (χ1v) is 7.52. The molecule has 0 N–H and O–H groups in total. The molecule has 3 atom stereocenters. The third kappa shape index (κ3) is 2.87. The smallest absolute Gasteiger partial charge is 0.337 e. The summed E-state index contributed by atoms with van der Waals surface area (Å²) in [4.78, 5) is 28.6. The number of carbonyl (C=O) groups is 2. The fraction of sp³-hybridized carbons (Fsp3) is 0.500. The molecular weight excluding hydrogens is 296 g/mol. The summed E-state index contributed by atoms with van der Waals surface area (Å²) in [5.41, 5.74) is 10.6. The van der Waals surface area contributed by atoms with Gasteiger partial charge in [0.25, 0.3) is 0 Å². The number of hydrogen-bond donors (Lipinski definition) is 0. The van der Waals surface area contributed by atoms with Crippen molar-refractivity contribution < 1.29 is 14.3 Å². The van der Waals surface area contributed by atoms with Crippen LogP contribution in [0.1, 0.15) is 49.2 Å². The molecule has 1 aromatic carbocycles. The van der Waals surface area contributed by atoms with Gasteiger partial charge < -0.3 is 9.64 Å². The van der Waals surface area contributed by atoms with Crippen molar-refractivity contribution in [3.05, 3.63) is 39.8 Å². The van der Waals surface area contributed by atoms with Crippen LogP contribution in [0.2, 0.25) is 0 Å². The lowest BCUT2D eigenvalue weighted by molar-refractivity contribution is -0.117. The lowest BCUT2D eigenvalue weighted by atomic mass is 9.81. The molecule has 7 heteroatoms. The molecule has 0 unspecified atom stereocenters. The number of ether oxygens (including phenoxy) is 1. The van der Waals surface area contributed by atoms with Crippen molar-refractivity contribution in [1.82, 2.24) is 0 Å². The van der Waals surface area contributed by atoms with Gasteiger partial charge in [0.05, 0.1) is 18.7 Å². The quantitative estimate of drug-likeness (QED) is 0.369. The number of carbonyl (C=O) groups excluding carboxylic acids is 2. The number of esters is 1. The van der Waals surface area contributed by atoms with E-state index < -0.39 is 12.0 Å². The van der Waals surface area contributed by atoms with E-state index in [1.54, 1.807) is 23.1 Å². The van der Waals surface area contributed by atoms with Crippen LogP contribution in [0.4, 0.5) is 5.69 Å². The van der Waals surface area contributed by atoms with Gasteiger partial charge in [-0.1, -0.05) is 19.0 Å². The van der Waals surface area contributed by atoms with Crippen LogP contribution < -0.4 is 4.90 Å². The highest BCUT2D eigenvalue weighted by molar-refractivity contribution is 5.96. The number of fused-ring (bicyclic) bond motifs is 1. The second-order valence-electron chi connectivity index (χ2n) is 5.64. The van der Waals surface area contributed by atoms with Crippen molar-refractivity contribution in [1.29, 1.82) is 0 Å². The van der Waals surface area contributed by atoms with Crippen LogP contribution in [-0.2, 0) is 9.53 Å². The maximum absolute atomic E-state index is 12.1. The topological polar surface area (TPSA) is 95.4 Å². The van der Waals surface area contributed by atoms with Gasteiger partial charge in [0.1, 0.15) is 0 Å². The molecule has 0 aromatic heterocycles. The molecule has 0 saturated carbocycles. The summed E-state index contributed by atoms with van der Waals surface area (Å²) < 4.78 is 4.74. The molecule has 0 radical (unpaired) electrons. The van der Waals surface area contributed by atoms with Crippen molar-refractivity contribution in [3.63, 3.8) is 0 Å². The maximum Gasteiger partial charge on any atom is 0.337 e. The molecular formula is C16H20N4O3. The van der Waals surface area contributed by atoms with Crippen molar-refractivity contribution in [3.8, 4) is 0 Å². The first-order valence-electron chi connectivity index (χ1n) is 7.52. The molecule has 1 aliphatic rings. The third-order valence-corrected chi connectivity index (χ3v) is 4.40. The Kier molecular flexibility index (Phi) is 4.91. The van der Waals surface area contributed by atoms with Crippen molar-refractivity contribution in [2.24, 2.45) is 11.0 Å². The van der Waals surface area contributed by atoms with Crippen LogP contribution in [0.5, 0.6) is 0 Å². The second-order valence-corrected chi connectivity index (χ2v) is 5.64. The normalized spacial score (nSPS) is 22.8. The standard InChI is InChI=1S/C16H20N4O3/c1-5-13-9(2)15(18-19-17)12-8-11(16(22)23-4)6-7-14(12)20(13)10(3)21/h6-9,13,15H,5H2,1-4H3/t9-,13+,15+/m0/s1. The Balaban J connectivity index is 2.68. The Bertz CT molecular complexity index is 682. The highest BCUT2D eigenvalue weighted by Gasteiger charge is 2.39. The Morgan fingerprint density at radius 1 is 1.43 bits per heavy atom. The second kappa shape index (κ2) is 6.71. The lowest BCUT2D eigenvalue weighted by Crippen LogP contribution is -2.48. The molecule has 1 heterocycles. The van der Waals surface area contributed by atoms with Gasteiger partial charge in [-0.05, 0) is 41.6 Å². The van der Waals surface area contributed by atoms with Gasteiger partial charge >= 0.3 is 5.97 Å². The molecule has 1 aliphatic heterocycles. The number of hydrogen-bond acceptors (Lipinski definition) is 4. The fourth-order valence-electron chi connectivity index (χ4n) is 3.34. The van der Waals surface area contributed by atoms with Gasteiger partial charge in [-0.3, -0.25) is 4.79 Å². The lowest BCUT2D eigenvalue weighted by Gasteiger charge is -2.43. The Morgan fingerprint density at radius 2 is 2.13 bits per heavy atom. The molecule has 122 valence electrons. The van der Waals surface area contributed by atoms with E-state index >= 15 is 0 Å². The van der Waals surface area contributed by atoms with Crippen LogP contribution in [0.15, 0.2) is 23.3 Å². The number of nitrogens with zero attached hydrogens (tertiary/aromatic N) is 4. The molecule has 1 amide bonds. The third-order valence-electron chi connectivity index (χ3n) is 4.40. The molecule has 7 nitrogen and oxygen atoms in total. The summed E-state index contributed by atoms with van der Waals surface area (Å²) in [6.45, 7) is 5.47. The van der Waals surface area contributed by atoms with E-state index in [0.29, 0.717) is 16.8 Å². The Labute approximate surface area is 134 Å². The predicted octanol–water partition coefficient (Wildman–Crippen LogP) is 3.61. The van der Waals surface area contributed by atoms with Gasteiger partial charge in [0.15, 0.2) is 0 Å². The van der Waals surface area contributed by atoms with E-state index in [2.05, 4.69) is 10.0 Å². The summed E-state index contributed by atoms with van der Waals surface area (Å²) in [7, 11) is 1.31. The van der Waals surface area contributed by atoms with Crippen LogP contribution in [0, 0.1) is 5.92 Å². The van der Waals surface area contributed by atoms with Crippen LogP contribution >= 0.6 is 0 Å². The molecule has 23 heavy (non-hydrogen) atoms. The van der Waals surface area contributed by atoms with Gasteiger partial charge in [0.2, 0.25) is 5.91 Å². The minimum Gasteiger partial charge on any atom is -0.465 e. The number of rotatable bonds is 3. The first kappa shape index (κ1) is 16.8. The number of benzene rings is 1. The summed E-state index contributed by atoms with van der Waals surface area (Å²) >= 11 is 0. The summed E-state index contributed by atoms with van der Waals surface area (Å²) in [5, 5.41) is 3.91. The number of azide groups is 1. The van der Waals surface area contributed by atoms with E-state index in [1.807, 2.05) is 13.8 Å². The highest BCUT2D eigenvalue weighted by Crippen LogP contribution is 2.44. The zero-order chi connectivity index (χ0) is 17.1. The summed E-state index contributed by atoms with van der Waals surface area (Å²) in [6, 6.07) is 4.51. The molecule has 1 aromatic rings. The number of amides is 1. The van der Waals surface area contributed by atoms with Crippen molar-refractivity contribution in [2.75, 3.05) is 12.0 Å². The van der Waals surface area contributed by atoms with Crippen molar-refractivity contribution >= 4 is 17.6 Å². The van der Waals surface area contributed by atoms with E-state index in [-0.39, 0.29) is 17.9 Å². The highest BCUT2D eigenvalue weighted by atomic mass is 16.5. The number of methoxy groups -OCH3 is 1. The summed E-state index contributed by atoms with van der Waals surface area (Å²) in [6.07, 6.45) is 0.746. The van der Waals surface area contributed by atoms with E-state index in [1.165, 1.54) is 14.0 Å². The van der Waals surface area contributed by atoms with Gasteiger partial charge in [0, 0.05) is 23.6 Å². The maximum atomic E-state index is 12.1. The minimum atomic E-state index is -0.466. The zero-order valence-electron chi connectivity index (χ0n) is 13.7. The Morgan fingerprint density at radius 3 is 2.65 bits per heavy atom. The van der Waals surface area contributed by atoms with E-state index in [9.17, 15) is 9.59 Å². The largest absolute Gasteiger partial charge is 0.465 e.